The molecule has 2 N–H and O–H groups in total. The minimum absolute atomic E-state index is 0.104. The maximum atomic E-state index is 12.5. The van der Waals surface area contributed by atoms with E-state index in [0.29, 0.717) is 6.42 Å². The van der Waals surface area contributed by atoms with Crippen molar-refractivity contribution in [3.63, 3.8) is 0 Å². The van der Waals surface area contributed by atoms with Crippen LogP contribution in [0.1, 0.15) is 54.6 Å². The summed E-state index contributed by atoms with van der Waals surface area (Å²) in [6.07, 6.45) is 6.27. The summed E-state index contributed by atoms with van der Waals surface area (Å²) in [5.41, 5.74) is 4.64. The van der Waals surface area contributed by atoms with Crippen molar-refractivity contribution in [2.24, 2.45) is 0 Å². The molecular weight excluding hydrogens is 384 g/mol. The van der Waals surface area contributed by atoms with E-state index in [9.17, 15) is 4.79 Å². The predicted molar refractivity (Wildman–Crippen MR) is 116 cm³/mol. The van der Waals surface area contributed by atoms with Crippen LogP contribution in [0, 0.1) is 13.8 Å². The van der Waals surface area contributed by atoms with E-state index in [2.05, 4.69) is 32.5 Å². The standard InChI is InChI=1S/C23H31ClN4O/c1-16-21(17(2)27-26-16)14-22(29)25-20-8-12-28(13-9-20)15-23(10-3-11-23)18-4-6-19(24)7-5-18/h4-7,20H,3,8-15H2,1-2H3,(H,25,29)(H,26,27). The Morgan fingerprint density at radius 2 is 1.93 bits per heavy atom. The third kappa shape index (κ3) is 4.51. The number of amides is 1. The Morgan fingerprint density at radius 3 is 2.48 bits per heavy atom. The third-order valence-electron chi connectivity index (χ3n) is 6.86. The van der Waals surface area contributed by atoms with Crippen molar-refractivity contribution in [3.05, 3.63) is 51.8 Å². The zero-order chi connectivity index (χ0) is 20.4. The molecule has 0 unspecified atom stereocenters. The zero-order valence-corrected chi connectivity index (χ0v) is 18.2. The van der Waals surface area contributed by atoms with Crippen molar-refractivity contribution >= 4 is 17.5 Å². The van der Waals surface area contributed by atoms with Crippen molar-refractivity contribution in [2.75, 3.05) is 19.6 Å². The molecule has 0 radical (unpaired) electrons. The van der Waals surface area contributed by atoms with Crippen LogP contribution in [0.15, 0.2) is 24.3 Å². The number of aromatic amines is 1. The van der Waals surface area contributed by atoms with Gasteiger partial charge in [0.05, 0.1) is 12.1 Å². The van der Waals surface area contributed by atoms with Crippen LogP contribution < -0.4 is 5.32 Å². The average molecular weight is 415 g/mol. The topological polar surface area (TPSA) is 61.0 Å². The van der Waals surface area contributed by atoms with Gasteiger partial charge in [-0.3, -0.25) is 9.89 Å². The van der Waals surface area contributed by atoms with E-state index in [1.54, 1.807) is 0 Å². The molecule has 5 nitrogen and oxygen atoms in total. The van der Waals surface area contributed by atoms with E-state index >= 15 is 0 Å². The number of halogens is 1. The minimum Gasteiger partial charge on any atom is -0.353 e. The lowest BCUT2D eigenvalue weighted by Gasteiger charge is -2.47. The molecular formula is C23H31ClN4O. The monoisotopic (exact) mass is 414 g/mol. The molecule has 29 heavy (non-hydrogen) atoms. The van der Waals surface area contributed by atoms with Crippen molar-refractivity contribution in [1.82, 2.24) is 20.4 Å². The third-order valence-corrected chi connectivity index (χ3v) is 7.12. The average Bonchev–Trinajstić information content (AvgIpc) is 2.99. The van der Waals surface area contributed by atoms with E-state index < -0.39 is 0 Å². The number of nitrogens with zero attached hydrogens (tertiary/aromatic N) is 2. The van der Waals surface area contributed by atoms with E-state index in [4.69, 9.17) is 11.6 Å². The summed E-state index contributed by atoms with van der Waals surface area (Å²) in [4.78, 5) is 15.1. The molecule has 2 fully saturated rings. The van der Waals surface area contributed by atoms with Gasteiger partial charge in [0.15, 0.2) is 0 Å². The second-order valence-corrected chi connectivity index (χ2v) is 9.28. The van der Waals surface area contributed by atoms with Crippen LogP contribution in [0.4, 0.5) is 0 Å². The van der Waals surface area contributed by atoms with Crippen LogP contribution in [0.5, 0.6) is 0 Å². The fraction of sp³-hybridized carbons (Fsp3) is 0.565. The first-order chi connectivity index (χ1) is 13.9. The summed E-state index contributed by atoms with van der Waals surface area (Å²) in [6, 6.07) is 8.71. The lowest BCUT2D eigenvalue weighted by molar-refractivity contribution is -0.121. The number of aryl methyl sites for hydroxylation is 2. The number of nitrogens with one attached hydrogen (secondary N) is 2. The largest absolute Gasteiger partial charge is 0.353 e. The van der Waals surface area contributed by atoms with E-state index in [0.717, 1.165) is 54.4 Å². The molecule has 1 saturated heterocycles. The highest BCUT2D eigenvalue weighted by Crippen LogP contribution is 2.44. The molecule has 4 rings (SSSR count). The summed E-state index contributed by atoms with van der Waals surface area (Å²) in [6.45, 7) is 7.12. The Balaban J connectivity index is 1.28. The molecule has 1 aromatic carbocycles. The van der Waals surface area contributed by atoms with Gasteiger partial charge in [-0.1, -0.05) is 30.2 Å². The number of aromatic nitrogens is 2. The molecule has 0 bridgehead atoms. The van der Waals surface area contributed by atoms with E-state index in [1.807, 2.05) is 26.0 Å². The molecule has 2 aromatic rings. The predicted octanol–water partition coefficient (Wildman–Crippen LogP) is 3.92. The van der Waals surface area contributed by atoms with E-state index in [1.165, 1.54) is 24.8 Å². The van der Waals surface area contributed by atoms with Crippen LogP contribution >= 0.6 is 11.6 Å². The van der Waals surface area contributed by atoms with Crippen LogP contribution in [0.2, 0.25) is 5.02 Å². The Hall–Kier alpha value is -1.85. The molecule has 2 aliphatic rings. The van der Waals surface area contributed by atoms with Gasteiger partial charge in [-0.05, 0) is 57.2 Å². The van der Waals surface area contributed by atoms with Crippen molar-refractivity contribution < 1.29 is 4.79 Å². The summed E-state index contributed by atoms with van der Waals surface area (Å²) >= 11 is 6.08. The summed E-state index contributed by atoms with van der Waals surface area (Å²) < 4.78 is 0. The van der Waals surface area contributed by atoms with Crippen LogP contribution in [0.25, 0.3) is 0 Å². The first-order valence-corrected chi connectivity index (χ1v) is 11.1. The van der Waals surface area contributed by atoms with Crippen LogP contribution in [-0.4, -0.2) is 46.7 Å². The lowest BCUT2D eigenvalue weighted by Crippen LogP contribution is -2.51. The Morgan fingerprint density at radius 1 is 1.24 bits per heavy atom. The number of carbonyl (C=O) groups excluding carboxylic acids is 1. The maximum absolute atomic E-state index is 12.5. The van der Waals surface area contributed by atoms with Gasteiger partial charge in [0.2, 0.25) is 5.91 Å². The summed E-state index contributed by atoms with van der Waals surface area (Å²) in [5, 5.41) is 11.2. The van der Waals surface area contributed by atoms with Crippen molar-refractivity contribution in [3.8, 4) is 0 Å². The molecule has 1 saturated carbocycles. The van der Waals surface area contributed by atoms with Gasteiger partial charge in [0.25, 0.3) is 0 Å². The SMILES string of the molecule is Cc1n[nH]c(C)c1CC(=O)NC1CCN(CC2(c3ccc(Cl)cc3)CCC2)CC1. The first kappa shape index (κ1) is 20.4. The number of hydrogen-bond acceptors (Lipinski definition) is 3. The smallest absolute Gasteiger partial charge is 0.224 e. The molecule has 1 aliphatic carbocycles. The Labute approximate surface area is 178 Å². The number of carbonyl (C=O) groups is 1. The van der Waals surface area contributed by atoms with Gasteiger partial charge in [0, 0.05) is 47.4 Å². The highest BCUT2D eigenvalue weighted by atomic mass is 35.5. The number of rotatable bonds is 6. The fourth-order valence-electron chi connectivity index (χ4n) is 4.88. The summed E-state index contributed by atoms with van der Waals surface area (Å²) in [5.74, 6) is 0.104. The number of benzene rings is 1. The second kappa shape index (κ2) is 8.49. The van der Waals surface area contributed by atoms with Gasteiger partial charge in [-0.2, -0.15) is 5.10 Å². The van der Waals surface area contributed by atoms with Crippen LogP contribution in [-0.2, 0) is 16.6 Å². The van der Waals surface area contributed by atoms with E-state index in [-0.39, 0.29) is 17.4 Å². The van der Waals surface area contributed by atoms with Crippen LogP contribution in [0.3, 0.4) is 0 Å². The highest BCUT2D eigenvalue weighted by molar-refractivity contribution is 6.30. The maximum Gasteiger partial charge on any atom is 0.224 e. The lowest BCUT2D eigenvalue weighted by atomic mass is 9.64. The Kier molecular flexibility index (Phi) is 5.98. The Bertz CT molecular complexity index is 829. The van der Waals surface area contributed by atoms with Crippen molar-refractivity contribution in [2.45, 2.75) is 63.8 Å². The molecule has 0 atom stereocenters. The normalized spacial score (nSPS) is 19.7. The second-order valence-electron chi connectivity index (χ2n) is 8.85. The quantitative estimate of drug-likeness (QED) is 0.752. The first-order valence-electron chi connectivity index (χ1n) is 10.7. The molecule has 2 heterocycles. The van der Waals surface area contributed by atoms with Gasteiger partial charge in [-0.15, -0.1) is 0 Å². The number of piperidine rings is 1. The zero-order valence-electron chi connectivity index (χ0n) is 17.4. The van der Waals surface area contributed by atoms with Gasteiger partial charge >= 0.3 is 0 Å². The van der Waals surface area contributed by atoms with Crippen molar-refractivity contribution in [1.29, 1.82) is 0 Å². The fourth-order valence-corrected chi connectivity index (χ4v) is 5.01. The van der Waals surface area contributed by atoms with Gasteiger partial charge in [-0.25, -0.2) is 0 Å². The molecule has 0 spiro atoms. The molecule has 156 valence electrons. The molecule has 1 aromatic heterocycles. The number of hydrogen-bond donors (Lipinski definition) is 2. The highest BCUT2D eigenvalue weighted by Gasteiger charge is 2.40. The summed E-state index contributed by atoms with van der Waals surface area (Å²) in [7, 11) is 0. The molecule has 1 amide bonds. The minimum atomic E-state index is 0.104. The number of H-pyrrole nitrogens is 1. The molecule has 6 heteroatoms. The van der Waals surface area contributed by atoms with Gasteiger partial charge in [0.1, 0.15) is 0 Å². The number of likely N-dealkylation sites (tertiary alicyclic amines) is 1. The molecule has 1 aliphatic heterocycles. The van der Waals surface area contributed by atoms with Gasteiger partial charge < -0.3 is 10.2 Å².